The van der Waals surface area contributed by atoms with Crippen LogP contribution in [0.1, 0.15) is 63.0 Å². The van der Waals surface area contributed by atoms with Gasteiger partial charge >= 0.3 is 0 Å². The number of nitrogens with two attached hydrogens (primary N) is 2. The first kappa shape index (κ1) is 33.0. The van der Waals surface area contributed by atoms with Crippen LogP contribution in [-0.2, 0) is 4.79 Å². The second-order valence-corrected chi connectivity index (χ2v) is 16.2. The molecule has 4 aliphatic rings. The number of nitrogens with zero attached hydrogens (tertiary/aromatic N) is 10. The number of aromatic nitrogens is 6. The van der Waals surface area contributed by atoms with Gasteiger partial charge in [-0.2, -0.15) is 0 Å². The molecule has 2 saturated heterocycles. The Balaban J connectivity index is 0.782. The molecule has 4 N–H and O–H groups in total. The number of carbonyl (C=O) groups excluding carboxylic acids is 1. The topological polar surface area (TPSA) is 142 Å². The number of carbonyl (C=O) groups is 1. The van der Waals surface area contributed by atoms with E-state index in [4.69, 9.17) is 21.4 Å². The number of piperazine rings is 2. The Labute approximate surface area is 308 Å². The van der Waals surface area contributed by atoms with Crippen molar-refractivity contribution in [1.29, 1.82) is 0 Å². The lowest BCUT2D eigenvalue weighted by atomic mass is 9.78. The Bertz CT molecular complexity index is 1690. The molecule has 48 heavy (non-hydrogen) atoms. The smallest absolute Gasteiger partial charge is 0.166 e. The molecule has 13 nitrogen and oxygen atoms in total. The van der Waals surface area contributed by atoms with Crippen LogP contribution < -0.4 is 11.5 Å². The van der Waals surface area contributed by atoms with Crippen molar-refractivity contribution >= 4 is 73.6 Å². The molecule has 0 aromatic carbocycles. The van der Waals surface area contributed by atoms with Crippen molar-refractivity contribution in [2.24, 2.45) is 0 Å². The highest BCUT2D eigenvalue weighted by Crippen LogP contribution is 2.42. The van der Waals surface area contributed by atoms with Gasteiger partial charge in [0.25, 0.3) is 0 Å². The Kier molecular flexibility index (Phi) is 9.05. The van der Waals surface area contributed by atoms with Crippen LogP contribution in [0.5, 0.6) is 0 Å². The zero-order valence-electron chi connectivity index (χ0n) is 27.5. The van der Waals surface area contributed by atoms with Gasteiger partial charge in [-0.25, -0.2) is 19.9 Å². The fourth-order valence-electron chi connectivity index (χ4n) is 8.54. The molecule has 0 amide bonds. The molecule has 4 aromatic rings. The molecule has 8 rings (SSSR count). The lowest BCUT2D eigenvalue weighted by molar-refractivity contribution is -0.130. The number of Topliss-reactive ketones (excluding diaryl/α,β-unsaturated/α-hetero) is 1. The number of ketones is 1. The van der Waals surface area contributed by atoms with Gasteiger partial charge in [-0.3, -0.25) is 33.2 Å². The predicted octanol–water partition coefficient (Wildman–Crippen LogP) is 2.92. The first-order valence-electron chi connectivity index (χ1n) is 17.2. The standard InChI is InChI=1S/C33H44I2N12O/c1-19(42-7-11-44(12-8-42)23-15-21(16-23)32-40-28(34)25-30(36)38-3-5-46(25)32)27(48)20(2)43-9-13-45(14-10-43)24-17-22(18-24)33-41-29(35)26-31(37)39-4-6-47(26)33/h3-6,19-24H,7-18H2,1-2H3,(H2,36,38)(H2,37,39). The van der Waals surface area contributed by atoms with Crippen molar-refractivity contribution in [1.82, 2.24) is 48.3 Å². The summed E-state index contributed by atoms with van der Waals surface area (Å²) < 4.78 is 6.10. The summed E-state index contributed by atoms with van der Waals surface area (Å²) >= 11 is 4.53. The molecule has 0 spiro atoms. The van der Waals surface area contributed by atoms with Crippen molar-refractivity contribution in [3.05, 3.63) is 43.8 Å². The fourth-order valence-corrected chi connectivity index (χ4v) is 10.1. The van der Waals surface area contributed by atoms with E-state index in [0.29, 0.717) is 41.3 Å². The third kappa shape index (κ3) is 5.78. The molecule has 0 bridgehead atoms. The summed E-state index contributed by atoms with van der Waals surface area (Å²) in [5.41, 5.74) is 14.1. The van der Waals surface area contributed by atoms with Crippen molar-refractivity contribution in [2.75, 3.05) is 63.8 Å². The molecular weight excluding hydrogens is 834 g/mol. The van der Waals surface area contributed by atoms with Crippen LogP contribution in [0.25, 0.3) is 11.0 Å². The van der Waals surface area contributed by atoms with Gasteiger partial charge in [0.05, 0.1) is 12.1 Å². The average Bonchev–Trinajstić information content (AvgIpc) is 3.56. The third-order valence-electron chi connectivity index (χ3n) is 11.7. The van der Waals surface area contributed by atoms with E-state index < -0.39 is 0 Å². The summed E-state index contributed by atoms with van der Waals surface area (Å²) in [6, 6.07) is 1.03. The summed E-state index contributed by atoms with van der Waals surface area (Å²) in [4.78, 5) is 42.0. The van der Waals surface area contributed by atoms with Crippen LogP contribution in [0.4, 0.5) is 11.6 Å². The van der Waals surface area contributed by atoms with Crippen molar-refractivity contribution in [2.45, 2.75) is 75.5 Å². The molecule has 4 fully saturated rings. The Morgan fingerprint density at radius 3 is 1.44 bits per heavy atom. The van der Waals surface area contributed by atoms with Gasteiger partial charge in [0.15, 0.2) is 17.4 Å². The maximum Gasteiger partial charge on any atom is 0.166 e. The molecular formula is C33H44I2N12O. The number of nitrogen functional groups attached to an aromatic ring is 2. The summed E-state index contributed by atoms with van der Waals surface area (Å²) in [6.07, 6.45) is 11.9. The van der Waals surface area contributed by atoms with Gasteiger partial charge in [0, 0.05) is 101 Å². The number of hydrogen-bond donors (Lipinski definition) is 2. The molecule has 4 aromatic heterocycles. The van der Waals surface area contributed by atoms with Crippen molar-refractivity contribution in [3.8, 4) is 0 Å². The zero-order chi connectivity index (χ0) is 33.3. The number of halogens is 2. The number of anilines is 2. The summed E-state index contributed by atoms with van der Waals surface area (Å²) in [5.74, 6) is 4.52. The number of hydrogen-bond acceptors (Lipinski definition) is 11. The van der Waals surface area contributed by atoms with Crippen molar-refractivity contribution < 1.29 is 4.79 Å². The van der Waals surface area contributed by atoms with E-state index in [-0.39, 0.29) is 12.1 Å². The van der Waals surface area contributed by atoms with Crippen LogP contribution in [0, 0.1) is 7.40 Å². The fraction of sp³-hybridized carbons (Fsp3) is 0.606. The molecule has 0 radical (unpaired) electrons. The lowest BCUT2D eigenvalue weighted by Crippen LogP contribution is -2.60. The normalized spacial score (nSPS) is 27.6. The highest BCUT2D eigenvalue weighted by molar-refractivity contribution is 14.1. The molecule has 2 aliphatic heterocycles. The minimum absolute atomic E-state index is 0.0597. The first-order valence-corrected chi connectivity index (χ1v) is 19.4. The van der Waals surface area contributed by atoms with E-state index >= 15 is 0 Å². The molecule has 2 unspecified atom stereocenters. The van der Waals surface area contributed by atoms with Gasteiger partial charge in [0.1, 0.15) is 30.1 Å². The van der Waals surface area contributed by atoms with Crippen LogP contribution >= 0.6 is 45.2 Å². The van der Waals surface area contributed by atoms with Gasteiger partial charge < -0.3 is 11.5 Å². The Morgan fingerprint density at radius 1 is 0.688 bits per heavy atom. The van der Waals surface area contributed by atoms with E-state index in [1.165, 1.54) is 0 Å². The molecule has 2 saturated carbocycles. The SMILES string of the molecule is CC(C(=O)C(C)N1CCN(C2CC(c3nc(I)c4c(N)nccn34)C2)CC1)N1CCN(C2CC(c3nc(I)c4c(N)nccn34)C2)CC1. The summed E-state index contributed by atoms with van der Waals surface area (Å²) in [7, 11) is 0. The van der Waals surface area contributed by atoms with Crippen LogP contribution in [0.3, 0.4) is 0 Å². The number of rotatable bonds is 8. The third-order valence-corrected chi connectivity index (χ3v) is 13.2. The summed E-state index contributed by atoms with van der Waals surface area (Å²) in [5, 5.41) is 0. The second-order valence-electron chi connectivity index (χ2n) is 14.1. The highest BCUT2D eigenvalue weighted by Gasteiger charge is 2.41. The van der Waals surface area contributed by atoms with Gasteiger partial charge in [0.2, 0.25) is 0 Å². The van der Waals surface area contributed by atoms with E-state index in [2.05, 4.69) is 97.4 Å². The highest BCUT2D eigenvalue weighted by atomic mass is 127. The maximum absolute atomic E-state index is 13.7. The second kappa shape index (κ2) is 13.2. The number of fused-ring (bicyclic) bond motifs is 2. The van der Waals surface area contributed by atoms with Gasteiger partial charge in [-0.05, 0) is 84.7 Å². The Morgan fingerprint density at radius 2 is 1.06 bits per heavy atom. The van der Waals surface area contributed by atoms with Crippen molar-refractivity contribution in [3.63, 3.8) is 0 Å². The maximum atomic E-state index is 13.7. The molecule has 256 valence electrons. The lowest BCUT2D eigenvalue weighted by Gasteiger charge is -2.48. The average molecular weight is 879 g/mol. The molecule has 15 heteroatoms. The minimum Gasteiger partial charge on any atom is -0.382 e. The summed E-state index contributed by atoms with van der Waals surface area (Å²) in [6.45, 7) is 12.1. The zero-order valence-corrected chi connectivity index (χ0v) is 31.9. The van der Waals surface area contributed by atoms with Crippen LogP contribution in [0.2, 0.25) is 0 Å². The van der Waals surface area contributed by atoms with E-state index in [1.807, 2.05) is 12.4 Å². The first-order chi connectivity index (χ1) is 23.2. The molecule has 6 heterocycles. The van der Waals surface area contributed by atoms with E-state index in [9.17, 15) is 4.79 Å². The van der Waals surface area contributed by atoms with E-state index in [0.717, 1.165) is 108 Å². The quantitative estimate of drug-likeness (QED) is 0.253. The number of imidazole rings is 2. The monoisotopic (exact) mass is 878 g/mol. The van der Waals surface area contributed by atoms with Gasteiger partial charge in [-0.15, -0.1) is 0 Å². The van der Waals surface area contributed by atoms with Crippen LogP contribution in [-0.4, -0.2) is 131 Å². The predicted molar refractivity (Wildman–Crippen MR) is 202 cm³/mol. The Hall–Kier alpha value is -2.19. The van der Waals surface area contributed by atoms with Crippen LogP contribution in [0.15, 0.2) is 24.8 Å². The molecule has 2 aliphatic carbocycles. The minimum atomic E-state index is -0.0597. The molecule has 2 atom stereocenters. The van der Waals surface area contributed by atoms with E-state index in [1.54, 1.807) is 12.4 Å². The largest absolute Gasteiger partial charge is 0.382 e. The van der Waals surface area contributed by atoms with Gasteiger partial charge in [-0.1, -0.05) is 0 Å².